The summed E-state index contributed by atoms with van der Waals surface area (Å²) in [5.74, 6) is -1.63. The topological polar surface area (TPSA) is 74.5 Å². The van der Waals surface area contributed by atoms with E-state index < -0.39 is 12.1 Å². The number of carbonyl (C=O) groups is 1. The molecule has 1 unspecified atom stereocenters. The summed E-state index contributed by atoms with van der Waals surface area (Å²) in [5, 5.41) is 6.68. The van der Waals surface area contributed by atoms with Gasteiger partial charge in [0.1, 0.15) is 0 Å². The Hall–Kier alpha value is -2.17. The standard InChI is InChI=1S/C18H20F3N5O2.ClH/c19-18(20,21)17-23-15(24-28-17)12-1-3-13(4-2-12)16(27)26-8-5-14(11-26)25-9-6-22-7-10-25;/h1-4,14,22H,5-11H2;1H. The first-order chi connectivity index (χ1) is 13.4. The molecule has 0 saturated carbocycles. The number of benzene rings is 1. The van der Waals surface area contributed by atoms with E-state index in [9.17, 15) is 18.0 Å². The molecular formula is C18H21ClF3N5O2. The zero-order valence-electron chi connectivity index (χ0n) is 15.5. The number of carbonyl (C=O) groups excluding carboxylic acids is 1. The van der Waals surface area contributed by atoms with Gasteiger partial charge in [-0.1, -0.05) is 17.3 Å². The lowest BCUT2D eigenvalue weighted by atomic mass is 10.1. The summed E-state index contributed by atoms with van der Waals surface area (Å²) < 4.78 is 42.0. The Kier molecular flexibility index (Phi) is 6.45. The predicted molar refractivity (Wildman–Crippen MR) is 101 cm³/mol. The Morgan fingerprint density at radius 3 is 2.45 bits per heavy atom. The number of nitrogens with one attached hydrogen (secondary N) is 1. The molecule has 1 atom stereocenters. The van der Waals surface area contributed by atoms with Crippen LogP contribution in [0.4, 0.5) is 13.2 Å². The van der Waals surface area contributed by atoms with Crippen LogP contribution in [0.25, 0.3) is 11.4 Å². The molecule has 0 radical (unpaired) electrons. The van der Waals surface area contributed by atoms with E-state index in [4.69, 9.17) is 0 Å². The Morgan fingerprint density at radius 1 is 1.14 bits per heavy atom. The molecule has 1 amide bonds. The summed E-state index contributed by atoms with van der Waals surface area (Å²) in [4.78, 5) is 20.4. The second-order valence-electron chi connectivity index (χ2n) is 6.98. The summed E-state index contributed by atoms with van der Waals surface area (Å²) in [6.07, 6.45) is -3.73. The molecule has 4 rings (SSSR count). The average molecular weight is 432 g/mol. The Balaban J connectivity index is 0.00000240. The van der Waals surface area contributed by atoms with Gasteiger partial charge in [0.25, 0.3) is 5.91 Å². The molecule has 7 nitrogen and oxygen atoms in total. The smallest absolute Gasteiger partial charge is 0.337 e. The number of aromatic nitrogens is 2. The van der Waals surface area contributed by atoms with Crippen molar-refractivity contribution in [2.75, 3.05) is 39.3 Å². The number of hydrogen-bond acceptors (Lipinski definition) is 6. The number of rotatable bonds is 3. The van der Waals surface area contributed by atoms with Crippen molar-refractivity contribution >= 4 is 18.3 Å². The first-order valence-electron chi connectivity index (χ1n) is 9.17. The summed E-state index contributed by atoms with van der Waals surface area (Å²) in [6, 6.07) is 6.61. The van der Waals surface area contributed by atoms with Crippen LogP contribution in [0.2, 0.25) is 0 Å². The summed E-state index contributed by atoms with van der Waals surface area (Å²) in [7, 11) is 0. The molecule has 2 fully saturated rings. The van der Waals surface area contributed by atoms with Gasteiger partial charge in [-0.3, -0.25) is 9.69 Å². The van der Waals surface area contributed by atoms with E-state index in [-0.39, 0.29) is 24.1 Å². The molecule has 1 aromatic carbocycles. The lowest BCUT2D eigenvalue weighted by Crippen LogP contribution is -2.49. The van der Waals surface area contributed by atoms with Crippen LogP contribution >= 0.6 is 12.4 Å². The lowest BCUT2D eigenvalue weighted by molar-refractivity contribution is -0.159. The minimum absolute atomic E-state index is 0. The van der Waals surface area contributed by atoms with E-state index in [0.717, 1.165) is 32.6 Å². The maximum atomic E-state index is 12.8. The fourth-order valence-corrected chi connectivity index (χ4v) is 3.67. The molecule has 2 aliphatic rings. The van der Waals surface area contributed by atoms with Crippen molar-refractivity contribution in [1.82, 2.24) is 25.3 Å². The molecule has 158 valence electrons. The number of halogens is 4. The van der Waals surface area contributed by atoms with Gasteiger partial charge in [-0.25, -0.2) is 0 Å². The molecule has 2 saturated heterocycles. The zero-order valence-corrected chi connectivity index (χ0v) is 16.3. The summed E-state index contributed by atoms with van der Waals surface area (Å²) >= 11 is 0. The number of amides is 1. The molecule has 0 spiro atoms. The van der Waals surface area contributed by atoms with E-state index in [1.54, 1.807) is 12.1 Å². The highest BCUT2D eigenvalue weighted by atomic mass is 35.5. The third kappa shape index (κ3) is 4.71. The highest BCUT2D eigenvalue weighted by Crippen LogP contribution is 2.29. The minimum Gasteiger partial charge on any atom is -0.337 e. The van der Waals surface area contributed by atoms with Crippen molar-refractivity contribution in [2.24, 2.45) is 0 Å². The molecule has 3 heterocycles. The average Bonchev–Trinajstić information content (AvgIpc) is 3.38. The summed E-state index contributed by atoms with van der Waals surface area (Å²) in [6.45, 7) is 5.32. The van der Waals surface area contributed by atoms with Crippen LogP contribution in [0.3, 0.4) is 0 Å². The van der Waals surface area contributed by atoms with Crippen molar-refractivity contribution in [3.05, 3.63) is 35.7 Å². The van der Waals surface area contributed by atoms with Gasteiger partial charge < -0.3 is 14.7 Å². The van der Waals surface area contributed by atoms with Crippen LogP contribution < -0.4 is 5.32 Å². The zero-order chi connectivity index (χ0) is 19.7. The van der Waals surface area contributed by atoms with Crippen molar-refractivity contribution in [3.63, 3.8) is 0 Å². The normalized spacial score (nSPS) is 20.5. The Morgan fingerprint density at radius 2 is 1.83 bits per heavy atom. The van der Waals surface area contributed by atoms with Gasteiger partial charge in [0.05, 0.1) is 0 Å². The third-order valence-electron chi connectivity index (χ3n) is 5.18. The molecule has 1 aromatic heterocycles. The molecule has 2 aliphatic heterocycles. The largest absolute Gasteiger partial charge is 0.471 e. The van der Waals surface area contributed by atoms with E-state index in [1.807, 2.05) is 4.90 Å². The van der Waals surface area contributed by atoms with Crippen molar-refractivity contribution < 1.29 is 22.5 Å². The third-order valence-corrected chi connectivity index (χ3v) is 5.18. The molecule has 1 N–H and O–H groups in total. The van der Waals surface area contributed by atoms with Crippen LogP contribution in [-0.4, -0.2) is 71.2 Å². The minimum atomic E-state index is -4.68. The Labute approximate surface area is 171 Å². The summed E-state index contributed by atoms with van der Waals surface area (Å²) in [5.41, 5.74) is 0.847. The molecule has 2 aromatic rings. The second kappa shape index (κ2) is 8.68. The van der Waals surface area contributed by atoms with Gasteiger partial charge >= 0.3 is 12.1 Å². The van der Waals surface area contributed by atoms with Crippen LogP contribution in [0, 0.1) is 0 Å². The Bertz CT molecular complexity index is 837. The number of nitrogens with zero attached hydrogens (tertiary/aromatic N) is 4. The SMILES string of the molecule is Cl.O=C(c1ccc(-c2noc(C(F)(F)F)n2)cc1)N1CCC(N2CCNCC2)C1. The van der Waals surface area contributed by atoms with Crippen molar-refractivity contribution in [3.8, 4) is 11.4 Å². The molecule has 11 heteroatoms. The van der Waals surface area contributed by atoms with Crippen LogP contribution in [-0.2, 0) is 6.18 Å². The van der Waals surface area contributed by atoms with Crippen LogP contribution in [0.15, 0.2) is 28.8 Å². The maximum Gasteiger partial charge on any atom is 0.471 e. The fourth-order valence-electron chi connectivity index (χ4n) is 3.67. The highest BCUT2D eigenvalue weighted by Gasteiger charge is 2.38. The van der Waals surface area contributed by atoms with Crippen LogP contribution in [0.5, 0.6) is 0 Å². The van der Waals surface area contributed by atoms with Gasteiger partial charge in [-0.15, -0.1) is 12.4 Å². The molecule has 0 aliphatic carbocycles. The maximum absolute atomic E-state index is 12.8. The first-order valence-corrected chi connectivity index (χ1v) is 9.17. The van der Waals surface area contributed by atoms with E-state index in [0.29, 0.717) is 30.3 Å². The van der Waals surface area contributed by atoms with E-state index >= 15 is 0 Å². The number of piperazine rings is 1. The van der Waals surface area contributed by atoms with E-state index in [1.165, 1.54) is 12.1 Å². The highest BCUT2D eigenvalue weighted by molar-refractivity contribution is 5.94. The monoisotopic (exact) mass is 431 g/mol. The van der Waals surface area contributed by atoms with Gasteiger partial charge in [-0.2, -0.15) is 18.2 Å². The quantitative estimate of drug-likeness (QED) is 0.803. The second-order valence-corrected chi connectivity index (χ2v) is 6.98. The van der Waals surface area contributed by atoms with Gasteiger partial charge in [-0.05, 0) is 18.6 Å². The number of alkyl halides is 3. The van der Waals surface area contributed by atoms with Gasteiger partial charge in [0, 0.05) is 56.4 Å². The van der Waals surface area contributed by atoms with Gasteiger partial charge in [0.2, 0.25) is 5.82 Å². The van der Waals surface area contributed by atoms with Crippen molar-refractivity contribution in [2.45, 2.75) is 18.6 Å². The lowest BCUT2D eigenvalue weighted by Gasteiger charge is -2.32. The first kappa shape index (κ1) is 21.5. The molecule has 0 bridgehead atoms. The number of hydrogen-bond donors (Lipinski definition) is 1. The van der Waals surface area contributed by atoms with Gasteiger partial charge in [0.15, 0.2) is 0 Å². The number of likely N-dealkylation sites (tertiary alicyclic amines) is 1. The fraction of sp³-hybridized carbons (Fsp3) is 0.500. The van der Waals surface area contributed by atoms with E-state index in [2.05, 4.69) is 24.9 Å². The van der Waals surface area contributed by atoms with Crippen LogP contribution in [0.1, 0.15) is 22.7 Å². The predicted octanol–water partition coefficient (Wildman–Crippen LogP) is 2.30. The van der Waals surface area contributed by atoms with Crippen molar-refractivity contribution in [1.29, 1.82) is 0 Å². The molecule has 29 heavy (non-hydrogen) atoms. The molecular weight excluding hydrogens is 411 g/mol.